The van der Waals surface area contributed by atoms with Gasteiger partial charge < -0.3 is 4.90 Å². The lowest BCUT2D eigenvalue weighted by atomic mass is 10.2. The number of alkyl halides is 1. The summed E-state index contributed by atoms with van der Waals surface area (Å²) < 4.78 is 22.5. The smallest absolute Gasteiger partial charge is 0.323 e. The quantitative estimate of drug-likeness (QED) is 0.721. The van der Waals surface area contributed by atoms with Crippen LogP contribution in [0.2, 0.25) is 0 Å². The highest BCUT2D eigenvalue weighted by molar-refractivity contribution is 7.91. The number of sulfone groups is 1. The molecule has 8 heteroatoms. The zero-order chi connectivity index (χ0) is 13.2. The molecule has 0 aromatic heterocycles. The maximum Gasteiger partial charge on any atom is 0.324 e. The number of carbonyl (C=O) groups is 2. The van der Waals surface area contributed by atoms with Gasteiger partial charge in [-0.15, -0.1) is 11.6 Å². The summed E-state index contributed by atoms with van der Waals surface area (Å²) in [6.45, 7) is 1.45. The monoisotopic (exact) mass is 282 g/mol. The molecule has 0 radical (unpaired) electrons. The van der Waals surface area contributed by atoms with Crippen molar-refractivity contribution in [3.05, 3.63) is 0 Å². The van der Waals surface area contributed by atoms with Crippen molar-refractivity contribution >= 4 is 33.4 Å². The Morgan fingerprint density at radius 3 is 2.47 bits per heavy atom. The second-order valence-electron chi connectivity index (χ2n) is 4.08. The molecule has 6 nitrogen and oxygen atoms in total. The van der Waals surface area contributed by atoms with Gasteiger partial charge in [0, 0.05) is 13.1 Å². The fraction of sp³-hybridized carbons (Fsp3) is 0.778. The van der Waals surface area contributed by atoms with Gasteiger partial charge in [0.25, 0.3) is 0 Å². The lowest BCUT2D eigenvalue weighted by Crippen LogP contribution is -2.47. The molecule has 0 aromatic carbocycles. The van der Waals surface area contributed by atoms with Gasteiger partial charge in [0.2, 0.25) is 5.91 Å². The van der Waals surface area contributed by atoms with Gasteiger partial charge in [-0.2, -0.15) is 0 Å². The van der Waals surface area contributed by atoms with Crippen LogP contribution in [0.1, 0.15) is 13.3 Å². The van der Waals surface area contributed by atoms with Crippen LogP contribution in [-0.2, 0) is 14.6 Å². The number of imide groups is 1. The van der Waals surface area contributed by atoms with E-state index in [1.165, 1.54) is 18.9 Å². The molecule has 0 bridgehead atoms. The zero-order valence-electron chi connectivity index (χ0n) is 9.64. The number of hydrogen-bond donors (Lipinski definition) is 1. The van der Waals surface area contributed by atoms with Gasteiger partial charge in [-0.1, -0.05) is 0 Å². The number of amides is 3. The molecule has 0 spiro atoms. The lowest BCUT2D eigenvalue weighted by molar-refractivity contribution is -0.119. The van der Waals surface area contributed by atoms with Crippen LogP contribution in [0, 0.1) is 0 Å². The van der Waals surface area contributed by atoms with Crippen LogP contribution in [0.25, 0.3) is 0 Å². The molecule has 1 N–H and O–H groups in total. The van der Waals surface area contributed by atoms with E-state index in [0.29, 0.717) is 6.42 Å². The molecule has 1 heterocycles. The Morgan fingerprint density at radius 1 is 1.47 bits per heavy atom. The molecule has 0 aliphatic carbocycles. The Labute approximate surface area is 105 Å². The Hall–Kier alpha value is -0.820. The van der Waals surface area contributed by atoms with Gasteiger partial charge in [-0.3, -0.25) is 10.1 Å². The predicted octanol–water partition coefficient (Wildman–Crippen LogP) is -0.0312. The Kier molecular flexibility index (Phi) is 4.37. The van der Waals surface area contributed by atoms with E-state index < -0.39 is 27.2 Å². The molecule has 2 unspecified atom stereocenters. The summed E-state index contributed by atoms with van der Waals surface area (Å²) in [6.07, 6.45) is 0.400. The van der Waals surface area contributed by atoms with Crippen molar-refractivity contribution in [1.82, 2.24) is 10.2 Å². The normalized spacial score (nSPS) is 24.1. The number of halogens is 1. The van der Waals surface area contributed by atoms with Gasteiger partial charge in [0.05, 0.1) is 11.5 Å². The van der Waals surface area contributed by atoms with Crippen LogP contribution in [-0.4, -0.2) is 55.2 Å². The molecule has 1 aliphatic rings. The Morgan fingerprint density at radius 2 is 2.06 bits per heavy atom. The van der Waals surface area contributed by atoms with Crippen molar-refractivity contribution in [2.45, 2.75) is 24.8 Å². The minimum absolute atomic E-state index is 0.0540. The molecule has 17 heavy (non-hydrogen) atoms. The predicted molar refractivity (Wildman–Crippen MR) is 63.7 cm³/mol. The first-order valence-electron chi connectivity index (χ1n) is 5.15. The van der Waals surface area contributed by atoms with E-state index in [1.807, 2.05) is 0 Å². The second kappa shape index (κ2) is 5.22. The van der Waals surface area contributed by atoms with Gasteiger partial charge in [-0.25, -0.2) is 13.2 Å². The topological polar surface area (TPSA) is 83.6 Å². The maximum atomic E-state index is 11.6. The summed E-state index contributed by atoms with van der Waals surface area (Å²) in [5.41, 5.74) is 0. The summed E-state index contributed by atoms with van der Waals surface area (Å²) in [5.74, 6) is -0.569. The number of urea groups is 1. The fourth-order valence-electron chi connectivity index (χ4n) is 1.54. The first kappa shape index (κ1) is 14.2. The van der Waals surface area contributed by atoms with E-state index in [-0.39, 0.29) is 17.5 Å². The molecule has 98 valence electrons. The van der Waals surface area contributed by atoms with Crippen LogP contribution >= 0.6 is 11.6 Å². The Bertz CT molecular complexity index is 421. The highest BCUT2D eigenvalue weighted by Gasteiger charge is 2.33. The van der Waals surface area contributed by atoms with Crippen LogP contribution < -0.4 is 5.32 Å². The SMILES string of the molecule is CC(Cl)C(=O)NC(=O)N(C)C1CCS(=O)(=O)C1. The third-order valence-corrected chi connectivity index (χ3v) is 4.62. The zero-order valence-corrected chi connectivity index (χ0v) is 11.2. The van der Waals surface area contributed by atoms with Gasteiger partial charge in [-0.05, 0) is 13.3 Å². The number of carbonyl (C=O) groups excluding carboxylic acids is 2. The van der Waals surface area contributed by atoms with Crippen molar-refractivity contribution in [2.75, 3.05) is 18.6 Å². The average molecular weight is 283 g/mol. The molecule has 1 saturated heterocycles. The molecule has 1 fully saturated rings. The van der Waals surface area contributed by atoms with Crippen molar-refractivity contribution in [2.24, 2.45) is 0 Å². The summed E-state index contributed by atoms with van der Waals surface area (Å²) in [4.78, 5) is 24.0. The highest BCUT2D eigenvalue weighted by atomic mass is 35.5. The molecule has 1 rings (SSSR count). The summed E-state index contributed by atoms with van der Waals surface area (Å²) in [7, 11) is -1.59. The molecule has 0 aromatic rings. The minimum atomic E-state index is -3.05. The lowest BCUT2D eigenvalue weighted by Gasteiger charge is -2.23. The standard InChI is InChI=1S/C9H15ClN2O4S/c1-6(10)8(13)11-9(14)12(2)7-3-4-17(15,16)5-7/h6-7H,3-5H2,1-2H3,(H,11,13,14). The van der Waals surface area contributed by atoms with Gasteiger partial charge in [0.1, 0.15) is 5.38 Å². The fourth-order valence-corrected chi connectivity index (χ4v) is 3.37. The van der Waals surface area contributed by atoms with Gasteiger partial charge >= 0.3 is 6.03 Å². The molecule has 3 amide bonds. The summed E-state index contributed by atoms with van der Waals surface area (Å²) in [6, 6.07) is -0.997. The third-order valence-electron chi connectivity index (χ3n) is 2.67. The van der Waals surface area contributed by atoms with Crippen molar-refractivity contribution in [3.63, 3.8) is 0 Å². The summed E-state index contributed by atoms with van der Waals surface area (Å²) in [5, 5.41) is 1.30. The first-order chi connectivity index (χ1) is 7.73. The van der Waals surface area contributed by atoms with Crippen molar-refractivity contribution in [3.8, 4) is 0 Å². The van der Waals surface area contributed by atoms with Crippen LogP contribution in [0.5, 0.6) is 0 Å². The number of nitrogens with zero attached hydrogens (tertiary/aromatic N) is 1. The second-order valence-corrected chi connectivity index (χ2v) is 6.96. The average Bonchev–Trinajstić information content (AvgIpc) is 2.57. The molecular formula is C9H15ClN2O4S. The molecular weight excluding hydrogens is 268 g/mol. The number of nitrogens with one attached hydrogen (secondary N) is 1. The molecule has 2 atom stereocenters. The van der Waals surface area contributed by atoms with Crippen molar-refractivity contribution < 1.29 is 18.0 Å². The van der Waals surface area contributed by atoms with E-state index in [1.54, 1.807) is 0 Å². The molecule has 0 saturated carbocycles. The third kappa shape index (κ3) is 3.85. The molecule has 1 aliphatic heterocycles. The van der Waals surface area contributed by atoms with Gasteiger partial charge in [0.15, 0.2) is 9.84 Å². The van der Waals surface area contributed by atoms with Crippen molar-refractivity contribution in [1.29, 1.82) is 0 Å². The Balaban J connectivity index is 2.56. The van der Waals surface area contributed by atoms with E-state index in [0.717, 1.165) is 0 Å². The summed E-state index contributed by atoms with van der Waals surface area (Å²) >= 11 is 5.50. The maximum absolute atomic E-state index is 11.6. The van der Waals surface area contributed by atoms with Crippen LogP contribution in [0.4, 0.5) is 4.79 Å². The van der Waals surface area contributed by atoms with Crippen LogP contribution in [0.3, 0.4) is 0 Å². The van der Waals surface area contributed by atoms with E-state index in [2.05, 4.69) is 5.32 Å². The van der Waals surface area contributed by atoms with Crippen LogP contribution in [0.15, 0.2) is 0 Å². The first-order valence-corrected chi connectivity index (χ1v) is 7.41. The minimum Gasteiger partial charge on any atom is -0.323 e. The van der Waals surface area contributed by atoms with E-state index in [4.69, 9.17) is 11.6 Å². The largest absolute Gasteiger partial charge is 0.324 e. The number of rotatable bonds is 2. The van der Waals surface area contributed by atoms with E-state index >= 15 is 0 Å². The number of hydrogen-bond acceptors (Lipinski definition) is 4. The van der Waals surface area contributed by atoms with E-state index in [9.17, 15) is 18.0 Å². The highest BCUT2D eigenvalue weighted by Crippen LogP contribution is 2.16.